The van der Waals surface area contributed by atoms with Crippen LogP contribution in [-0.4, -0.2) is 42.0 Å². The van der Waals surface area contributed by atoms with Crippen molar-refractivity contribution in [3.63, 3.8) is 0 Å². The summed E-state index contributed by atoms with van der Waals surface area (Å²) in [4.78, 5) is 32.2. The number of nitrogens with zero attached hydrogens (tertiary/aromatic N) is 4. The summed E-state index contributed by atoms with van der Waals surface area (Å²) in [6, 6.07) is 15.8. The Morgan fingerprint density at radius 3 is 2.08 bits per heavy atom. The van der Waals surface area contributed by atoms with Gasteiger partial charge in [0.15, 0.2) is 9.84 Å². The van der Waals surface area contributed by atoms with Crippen LogP contribution in [0.1, 0.15) is 36.1 Å². The van der Waals surface area contributed by atoms with Crippen molar-refractivity contribution in [2.75, 3.05) is 7.11 Å². The van der Waals surface area contributed by atoms with Crippen molar-refractivity contribution in [3.8, 4) is 5.75 Å². The van der Waals surface area contributed by atoms with Gasteiger partial charge >= 0.3 is 0 Å². The van der Waals surface area contributed by atoms with Gasteiger partial charge in [0.2, 0.25) is 5.91 Å². The van der Waals surface area contributed by atoms with E-state index in [1.807, 2.05) is 12.1 Å². The van der Waals surface area contributed by atoms with Crippen LogP contribution in [0.3, 0.4) is 0 Å². The molecule has 196 valence electrons. The highest BCUT2D eigenvalue weighted by Crippen LogP contribution is 2.34. The van der Waals surface area contributed by atoms with Crippen LogP contribution >= 0.6 is 0 Å². The highest BCUT2D eigenvalue weighted by molar-refractivity contribution is 7.90. The fraction of sp³-hybridized carbons (Fsp3) is 0.200. The van der Waals surface area contributed by atoms with Gasteiger partial charge in [0, 0.05) is 25.5 Å². The predicted octanol–water partition coefficient (Wildman–Crippen LogP) is 4.18. The number of sulfone groups is 1. The number of amides is 1. The Morgan fingerprint density at radius 1 is 1.00 bits per heavy atom. The fourth-order valence-corrected chi connectivity index (χ4v) is 5.51. The molecule has 1 amide bonds. The van der Waals surface area contributed by atoms with Gasteiger partial charge in [-0.3, -0.25) is 25.0 Å². The molecule has 4 rings (SSSR count). The van der Waals surface area contributed by atoms with E-state index in [4.69, 9.17) is 4.74 Å². The lowest BCUT2D eigenvalue weighted by Crippen LogP contribution is -2.24. The van der Waals surface area contributed by atoms with E-state index in [0.717, 1.165) is 17.7 Å². The molecule has 0 saturated carbocycles. The van der Waals surface area contributed by atoms with Gasteiger partial charge in [-0.1, -0.05) is 36.4 Å². The number of carbonyl (C=O) groups excluding carboxylic acids is 1. The molecule has 3 aromatic rings. The Morgan fingerprint density at radius 2 is 1.58 bits per heavy atom. The Hall–Kier alpha value is -4.65. The summed E-state index contributed by atoms with van der Waals surface area (Å²) in [5, 5.41) is 28.2. The summed E-state index contributed by atoms with van der Waals surface area (Å²) in [5.74, 6) is -0.0614. The molecule has 0 radical (unpaired) electrons. The molecule has 0 spiro atoms. The first-order valence-corrected chi connectivity index (χ1v) is 12.9. The summed E-state index contributed by atoms with van der Waals surface area (Å²) in [5.41, 5.74) is 1.22. The smallest absolute Gasteiger partial charge is 0.277 e. The van der Waals surface area contributed by atoms with E-state index in [9.17, 15) is 33.4 Å². The molecule has 1 unspecified atom stereocenters. The third-order valence-electron chi connectivity index (χ3n) is 6.03. The van der Waals surface area contributed by atoms with Crippen molar-refractivity contribution in [1.29, 1.82) is 0 Å². The van der Waals surface area contributed by atoms with Crippen LogP contribution < -0.4 is 4.74 Å². The van der Waals surface area contributed by atoms with Gasteiger partial charge in [0.1, 0.15) is 5.75 Å². The summed E-state index contributed by atoms with van der Waals surface area (Å²) in [7, 11) is -2.56. The molecule has 0 saturated heterocycles. The minimum absolute atomic E-state index is 0.227. The molecule has 0 aromatic heterocycles. The molecule has 12 nitrogen and oxygen atoms in total. The van der Waals surface area contributed by atoms with Crippen LogP contribution in [0.2, 0.25) is 0 Å². The molecule has 38 heavy (non-hydrogen) atoms. The number of methoxy groups -OCH3 is 1. The van der Waals surface area contributed by atoms with Gasteiger partial charge in [-0.05, 0) is 28.8 Å². The van der Waals surface area contributed by atoms with Crippen LogP contribution in [0.4, 0.5) is 11.4 Å². The molecular weight excluding hydrogens is 516 g/mol. The molecule has 0 aliphatic carbocycles. The molecule has 3 aromatic carbocycles. The predicted molar refractivity (Wildman–Crippen MR) is 136 cm³/mol. The average Bonchev–Trinajstić information content (AvgIpc) is 3.34. The summed E-state index contributed by atoms with van der Waals surface area (Å²) in [6.07, 6.45) is 0.445. The maximum Gasteiger partial charge on any atom is 0.277 e. The number of nitro benzene ring substituents is 2. The highest BCUT2D eigenvalue weighted by atomic mass is 32.2. The molecular formula is C25H22N4O8S. The van der Waals surface area contributed by atoms with E-state index in [2.05, 4.69) is 5.10 Å². The molecule has 1 aliphatic rings. The average molecular weight is 539 g/mol. The van der Waals surface area contributed by atoms with Crippen molar-refractivity contribution >= 4 is 32.8 Å². The van der Waals surface area contributed by atoms with Gasteiger partial charge < -0.3 is 4.74 Å². The second kappa shape index (κ2) is 10.4. The molecule has 0 N–H and O–H groups in total. The van der Waals surface area contributed by atoms with Crippen LogP contribution in [0, 0.1) is 20.2 Å². The number of carbonyl (C=O) groups is 1. The van der Waals surface area contributed by atoms with E-state index in [-0.39, 0.29) is 11.9 Å². The second-order valence-electron chi connectivity index (χ2n) is 8.56. The molecule has 1 heterocycles. The van der Waals surface area contributed by atoms with Crippen LogP contribution in [0.5, 0.6) is 5.75 Å². The third-order valence-corrected chi connectivity index (χ3v) is 7.70. The number of hydrazone groups is 1. The molecule has 0 fully saturated rings. The third kappa shape index (κ3) is 5.52. The standard InChI is InChI=1S/C25H22N4O8S/c1-16(30)27-25(19-7-9-22(37-2)10-8-19)14-24(26-27)18-5-3-17(4-6-18)15-38(35,36)23-12-20(28(31)32)11-21(13-23)29(33)34/h3-13,25H,14-15H2,1-2H3. The summed E-state index contributed by atoms with van der Waals surface area (Å²) < 4.78 is 31.1. The minimum atomic E-state index is -4.13. The zero-order valence-corrected chi connectivity index (χ0v) is 21.1. The lowest BCUT2D eigenvalue weighted by Gasteiger charge is -2.20. The van der Waals surface area contributed by atoms with Crippen molar-refractivity contribution in [1.82, 2.24) is 5.01 Å². The van der Waals surface area contributed by atoms with E-state index in [0.29, 0.717) is 35.1 Å². The number of hydrogen-bond donors (Lipinski definition) is 0. The molecule has 1 atom stereocenters. The van der Waals surface area contributed by atoms with Gasteiger partial charge in [-0.25, -0.2) is 13.4 Å². The number of benzene rings is 3. The van der Waals surface area contributed by atoms with E-state index in [1.165, 1.54) is 11.9 Å². The molecule has 0 bridgehead atoms. The number of non-ortho nitro benzene ring substituents is 2. The zero-order valence-electron chi connectivity index (χ0n) is 20.3. The van der Waals surface area contributed by atoms with Crippen LogP contribution in [0.15, 0.2) is 76.7 Å². The van der Waals surface area contributed by atoms with Crippen molar-refractivity contribution in [2.24, 2.45) is 5.10 Å². The van der Waals surface area contributed by atoms with E-state index in [1.54, 1.807) is 43.5 Å². The first-order chi connectivity index (χ1) is 18.0. The maximum absolute atomic E-state index is 12.9. The topological polar surface area (TPSA) is 162 Å². The Labute approximate surface area is 217 Å². The number of nitro groups is 2. The van der Waals surface area contributed by atoms with Crippen molar-refractivity contribution < 1.29 is 27.8 Å². The second-order valence-corrected chi connectivity index (χ2v) is 10.5. The number of rotatable bonds is 8. The maximum atomic E-state index is 12.9. The highest BCUT2D eigenvalue weighted by Gasteiger charge is 2.31. The zero-order chi connectivity index (χ0) is 27.6. The first kappa shape index (κ1) is 26.4. The normalized spacial score (nSPS) is 15.2. The monoisotopic (exact) mass is 538 g/mol. The number of ether oxygens (including phenoxy) is 1. The first-order valence-electron chi connectivity index (χ1n) is 11.3. The lowest BCUT2D eigenvalue weighted by atomic mass is 9.98. The van der Waals surface area contributed by atoms with Gasteiger partial charge in [0.05, 0.1) is 45.4 Å². The Kier molecular flexibility index (Phi) is 7.21. The van der Waals surface area contributed by atoms with Crippen molar-refractivity contribution in [2.45, 2.75) is 30.0 Å². The van der Waals surface area contributed by atoms with Gasteiger partial charge in [-0.2, -0.15) is 5.10 Å². The minimum Gasteiger partial charge on any atom is -0.497 e. The largest absolute Gasteiger partial charge is 0.497 e. The van der Waals surface area contributed by atoms with Gasteiger partial charge in [0.25, 0.3) is 11.4 Å². The SMILES string of the molecule is COc1ccc(C2CC(c3ccc(CS(=O)(=O)c4cc([N+](=O)[O-])cc([N+](=O)[O-])c4)cc3)=NN2C(C)=O)cc1. The van der Waals surface area contributed by atoms with Gasteiger partial charge in [-0.15, -0.1) is 0 Å². The van der Waals surface area contributed by atoms with Crippen LogP contribution in [-0.2, 0) is 20.4 Å². The Balaban J connectivity index is 1.56. The van der Waals surface area contributed by atoms with E-state index < -0.39 is 41.7 Å². The fourth-order valence-electron chi connectivity index (χ4n) is 4.12. The summed E-state index contributed by atoms with van der Waals surface area (Å²) >= 11 is 0. The Bertz CT molecular complexity index is 1520. The lowest BCUT2D eigenvalue weighted by molar-refractivity contribution is -0.394. The number of hydrogen-bond acceptors (Lipinski definition) is 9. The summed E-state index contributed by atoms with van der Waals surface area (Å²) in [6.45, 7) is 1.43. The van der Waals surface area contributed by atoms with Crippen molar-refractivity contribution in [3.05, 3.63) is 104 Å². The molecule has 13 heteroatoms. The van der Waals surface area contributed by atoms with Crippen LogP contribution in [0.25, 0.3) is 0 Å². The quantitative estimate of drug-likeness (QED) is 0.305. The van der Waals surface area contributed by atoms with E-state index >= 15 is 0 Å². The molecule has 1 aliphatic heterocycles.